The van der Waals surface area contributed by atoms with Crippen LogP contribution in [0.2, 0.25) is 0 Å². The highest BCUT2D eigenvalue weighted by Gasteiger charge is 2.22. The Morgan fingerprint density at radius 1 is 1.32 bits per heavy atom. The van der Waals surface area contributed by atoms with Gasteiger partial charge in [-0.25, -0.2) is 0 Å². The molecule has 1 aromatic carbocycles. The number of hydrogen-bond donors (Lipinski definition) is 1. The van der Waals surface area contributed by atoms with Gasteiger partial charge < -0.3 is 5.73 Å². The summed E-state index contributed by atoms with van der Waals surface area (Å²) in [6.45, 7) is 11.4. The third kappa shape index (κ3) is 3.61. The standard InChI is InChI=1S/C20H28N4O/c1-13(2)24-15(4)19(14(3)22-24)12-23-9-8-18-16(10-20(21)25)6-5-7-17(18)11-23/h5-7,13H,8-12H2,1-4H3,(H2,21,25). The normalized spacial score (nSPS) is 14.8. The molecule has 0 bridgehead atoms. The Morgan fingerprint density at radius 3 is 2.72 bits per heavy atom. The minimum Gasteiger partial charge on any atom is -0.369 e. The van der Waals surface area contributed by atoms with Crippen LogP contribution in [0.25, 0.3) is 0 Å². The average molecular weight is 340 g/mol. The van der Waals surface area contributed by atoms with Crippen molar-refractivity contribution in [3.63, 3.8) is 0 Å². The first-order chi connectivity index (χ1) is 11.9. The molecule has 1 aliphatic heterocycles. The number of carbonyl (C=O) groups is 1. The van der Waals surface area contributed by atoms with E-state index in [1.807, 2.05) is 12.1 Å². The summed E-state index contributed by atoms with van der Waals surface area (Å²) in [6.07, 6.45) is 1.30. The molecule has 5 heteroatoms. The van der Waals surface area contributed by atoms with Crippen molar-refractivity contribution in [2.24, 2.45) is 5.73 Å². The Kier molecular flexibility index (Phi) is 4.95. The van der Waals surface area contributed by atoms with Crippen molar-refractivity contribution < 1.29 is 4.79 Å². The van der Waals surface area contributed by atoms with E-state index in [-0.39, 0.29) is 5.91 Å². The Morgan fingerprint density at radius 2 is 2.08 bits per heavy atom. The fourth-order valence-corrected chi connectivity index (χ4v) is 3.89. The molecule has 1 aromatic heterocycles. The van der Waals surface area contributed by atoms with Crippen LogP contribution in [0.3, 0.4) is 0 Å². The van der Waals surface area contributed by atoms with E-state index in [2.05, 4.69) is 43.3 Å². The predicted molar refractivity (Wildman–Crippen MR) is 99.2 cm³/mol. The Bertz CT molecular complexity index is 791. The van der Waals surface area contributed by atoms with Gasteiger partial charge in [0.1, 0.15) is 0 Å². The number of aromatic nitrogens is 2. The molecular weight excluding hydrogens is 312 g/mol. The number of fused-ring (bicyclic) bond motifs is 1. The molecule has 0 aliphatic carbocycles. The third-order valence-corrected chi connectivity index (χ3v) is 5.15. The second-order valence-corrected chi connectivity index (χ2v) is 7.35. The molecule has 1 aliphatic rings. The van der Waals surface area contributed by atoms with Crippen LogP contribution in [0.4, 0.5) is 0 Å². The third-order valence-electron chi connectivity index (χ3n) is 5.15. The maximum Gasteiger partial charge on any atom is 0.221 e. The highest BCUT2D eigenvalue weighted by Crippen LogP contribution is 2.26. The molecule has 0 unspecified atom stereocenters. The van der Waals surface area contributed by atoms with Crippen molar-refractivity contribution in [2.45, 2.75) is 59.7 Å². The number of rotatable bonds is 5. The molecule has 25 heavy (non-hydrogen) atoms. The van der Waals surface area contributed by atoms with Gasteiger partial charge >= 0.3 is 0 Å². The van der Waals surface area contributed by atoms with Crippen LogP contribution in [-0.4, -0.2) is 27.1 Å². The van der Waals surface area contributed by atoms with Crippen LogP contribution in [0.5, 0.6) is 0 Å². The van der Waals surface area contributed by atoms with Gasteiger partial charge in [-0.15, -0.1) is 0 Å². The molecule has 2 N–H and O–H groups in total. The van der Waals surface area contributed by atoms with Crippen molar-refractivity contribution in [3.05, 3.63) is 51.8 Å². The first-order valence-electron chi connectivity index (χ1n) is 9.01. The number of hydrogen-bond acceptors (Lipinski definition) is 3. The summed E-state index contributed by atoms with van der Waals surface area (Å²) in [6, 6.07) is 6.61. The summed E-state index contributed by atoms with van der Waals surface area (Å²) >= 11 is 0. The summed E-state index contributed by atoms with van der Waals surface area (Å²) in [5, 5.41) is 4.70. The largest absolute Gasteiger partial charge is 0.369 e. The zero-order valence-corrected chi connectivity index (χ0v) is 15.7. The summed E-state index contributed by atoms with van der Waals surface area (Å²) in [7, 11) is 0. The van der Waals surface area contributed by atoms with E-state index in [0.717, 1.165) is 37.3 Å². The first-order valence-corrected chi connectivity index (χ1v) is 9.01. The van der Waals surface area contributed by atoms with Crippen LogP contribution in [0.15, 0.2) is 18.2 Å². The van der Waals surface area contributed by atoms with Crippen LogP contribution < -0.4 is 5.73 Å². The highest BCUT2D eigenvalue weighted by atomic mass is 16.1. The Balaban J connectivity index is 1.79. The number of primary amides is 1. The number of nitrogens with zero attached hydrogens (tertiary/aromatic N) is 3. The van der Waals surface area contributed by atoms with Gasteiger partial charge in [-0.05, 0) is 50.8 Å². The van der Waals surface area contributed by atoms with Crippen LogP contribution in [0, 0.1) is 13.8 Å². The molecule has 0 fully saturated rings. The predicted octanol–water partition coefficient (Wildman–Crippen LogP) is 2.67. The van der Waals surface area contributed by atoms with E-state index >= 15 is 0 Å². The molecule has 0 radical (unpaired) electrons. The van der Waals surface area contributed by atoms with Gasteiger partial charge in [0.2, 0.25) is 5.91 Å². The zero-order valence-electron chi connectivity index (χ0n) is 15.7. The molecule has 3 rings (SSSR count). The SMILES string of the molecule is Cc1nn(C(C)C)c(C)c1CN1CCc2c(CC(N)=O)cccc2C1. The van der Waals surface area contributed by atoms with E-state index in [9.17, 15) is 4.79 Å². The molecule has 0 atom stereocenters. The van der Waals surface area contributed by atoms with Crippen LogP contribution in [0.1, 0.15) is 53.5 Å². The van der Waals surface area contributed by atoms with Gasteiger partial charge in [-0.3, -0.25) is 14.4 Å². The fraction of sp³-hybridized carbons (Fsp3) is 0.500. The van der Waals surface area contributed by atoms with Crippen molar-refractivity contribution in [1.82, 2.24) is 14.7 Å². The summed E-state index contributed by atoms with van der Waals surface area (Å²) < 4.78 is 2.12. The summed E-state index contributed by atoms with van der Waals surface area (Å²) in [4.78, 5) is 13.8. The molecule has 0 saturated carbocycles. The zero-order chi connectivity index (χ0) is 18.1. The molecule has 0 spiro atoms. The van der Waals surface area contributed by atoms with Gasteiger partial charge in [0.15, 0.2) is 0 Å². The average Bonchev–Trinajstić information content (AvgIpc) is 2.83. The van der Waals surface area contributed by atoms with Crippen LogP contribution >= 0.6 is 0 Å². The van der Waals surface area contributed by atoms with Gasteiger partial charge in [0, 0.05) is 36.9 Å². The van der Waals surface area contributed by atoms with E-state index < -0.39 is 0 Å². The van der Waals surface area contributed by atoms with Crippen molar-refractivity contribution in [2.75, 3.05) is 6.54 Å². The minimum absolute atomic E-state index is 0.261. The van der Waals surface area contributed by atoms with Crippen LogP contribution in [-0.2, 0) is 30.7 Å². The number of aryl methyl sites for hydroxylation is 1. The molecule has 0 saturated heterocycles. The van der Waals surface area contributed by atoms with Gasteiger partial charge in [0.05, 0.1) is 12.1 Å². The lowest BCUT2D eigenvalue weighted by molar-refractivity contribution is -0.117. The monoisotopic (exact) mass is 340 g/mol. The lowest BCUT2D eigenvalue weighted by Gasteiger charge is -2.30. The first kappa shape index (κ1) is 17.7. The highest BCUT2D eigenvalue weighted by molar-refractivity contribution is 5.77. The molecule has 2 aromatic rings. The molecule has 134 valence electrons. The summed E-state index contributed by atoms with van der Waals surface area (Å²) in [5.41, 5.74) is 12.8. The van der Waals surface area contributed by atoms with Crippen molar-refractivity contribution in [3.8, 4) is 0 Å². The number of amides is 1. The second kappa shape index (κ2) is 7.00. The van der Waals surface area contributed by atoms with Gasteiger partial charge in [0.25, 0.3) is 0 Å². The van der Waals surface area contributed by atoms with Crippen molar-refractivity contribution in [1.29, 1.82) is 0 Å². The number of carbonyl (C=O) groups excluding carboxylic acids is 1. The van der Waals surface area contributed by atoms with E-state index in [1.165, 1.54) is 22.4 Å². The quantitative estimate of drug-likeness (QED) is 0.910. The maximum atomic E-state index is 11.3. The maximum absolute atomic E-state index is 11.3. The smallest absolute Gasteiger partial charge is 0.221 e. The van der Waals surface area contributed by atoms with E-state index in [0.29, 0.717) is 12.5 Å². The lowest BCUT2D eigenvalue weighted by Crippen LogP contribution is -2.31. The lowest BCUT2D eigenvalue weighted by atomic mass is 9.92. The van der Waals surface area contributed by atoms with Gasteiger partial charge in [-0.2, -0.15) is 5.10 Å². The second-order valence-electron chi connectivity index (χ2n) is 7.35. The molecule has 1 amide bonds. The topological polar surface area (TPSA) is 64.2 Å². The van der Waals surface area contributed by atoms with E-state index in [1.54, 1.807) is 0 Å². The Hall–Kier alpha value is -2.14. The van der Waals surface area contributed by atoms with E-state index in [4.69, 9.17) is 10.8 Å². The summed E-state index contributed by atoms with van der Waals surface area (Å²) in [5.74, 6) is -0.261. The minimum atomic E-state index is -0.261. The molecular formula is C20H28N4O. The van der Waals surface area contributed by atoms with Gasteiger partial charge in [-0.1, -0.05) is 18.2 Å². The molecule has 2 heterocycles. The Labute approximate surface area is 149 Å². The fourth-order valence-electron chi connectivity index (χ4n) is 3.89. The number of nitrogens with two attached hydrogens (primary N) is 1. The number of benzene rings is 1. The molecule has 5 nitrogen and oxygen atoms in total. The van der Waals surface area contributed by atoms with Crippen molar-refractivity contribution >= 4 is 5.91 Å².